The second-order valence-electron chi connectivity index (χ2n) is 6.85. The molecule has 0 radical (unpaired) electrons. The van der Waals surface area contributed by atoms with Crippen LogP contribution in [0.5, 0.6) is 0 Å². The molecule has 1 atom stereocenters. The molecule has 1 aromatic heterocycles. The van der Waals surface area contributed by atoms with Gasteiger partial charge in [-0.1, -0.05) is 17.7 Å². The van der Waals surface area contributed by atoms with Crippen molar-refractivity contribution in [3.8, 4) is 5.69 Å². The van der Waals surface area contributed by atoms with Crippen LogP contribution in [-0.2, 0) is 11.2 Å². The van der Waals surface area contributed by atoms with Gasteiger partial charge in [-0.2, -0.15) is 5.10 Å². The molecule has 1 aliphatic rings. The van der Waals surface area contributed by atoms with Crippen molar-refractivity contribution in [2.24, 2.45) is 0 Å². The summed E-state index contributed by atoms with van der Waals surface area (Å²) in [7, 11) is 0. The van der Waals surface area contributed by atoms with Crippen LogP contribution >= 0.6 is 0 Å². The normalized spacial score (nSPS) is 16.4. The largest absolute Gasteiger partial charge is 0.346 e. The Morgan fingerprint density at radius 3 is 2.88 bits per heavy atom. The monoisotopic (exact) mass is 323 g/mol. The smallest absolute Gasteiger partial charge is 0.244 e. The van der Waals surface area contributed by atoms with Crippen LogP contribution in [0.25, 0.3) is 5.69 Å². The third-order valence-corrected chi connectivity index (χ3v) is 4.72. The highest BCUT2D eigenvalue weighted by atomic mass is 16.1. The van der Waals surface area contributed by atoms with E-state index in [1.165, 1.54) is 16.8 Å². The van der Waals surface area contributed by atoms with Gasteiger partial charge in [-0.05, 0) is 64.2 Å². The van der Waals surface area contributed by atoms with Crippen molar-refractivity contribution in [2.75, 3.05) is 0 Å². The van der Waals surface area contributed by atoms with Crippen LogP contribution in [0.2, 0.25) is 0 Å². The van der Waals surface area contributed by atoms with E-state index in [4.69, 9.17) is 0 Å². The third kappa shape index (κ3) is 3.14. The van der Waals surface area contributed by atoms with E-state index in [1.54, 1.807) is 6.08 Å². The van der Waals surface area contributed by atoms with Gasteiger partial charge in [0.2, 0.25) is 5.91 Å². The number of hydrogen-bond acceptors (Lipinski definition) is 2. The van der Waals surface area contributed by atoms with E-state index in [2.05, 4.69) is 47.1 Å². The molecule has 1 N–H and O–H groups in total. The molecule has 24 heavy (non-hydrogen) atoms. The van der Waals surface area contributed by atoms with Gasteiger partial charge in [-0.3, -0.25) is 4.79 Å². The molecule has 0 bridgehead atoms. The molecule has 1 aliphatic carbocycles. The highest BCUT2D eigenvalue weighted by molar-refractivity contribution is 5.88. The fourth-order valence-electron chi connectivity index (χ4n) is 3.36. The van der Waals surface area contributed by atoms with Crippen molar-refractivity contribution in [3.05, 3.63) is 58.4 Å². The number of nitrogens with zero attached hydrogens (tertiary/aromatic N) is 2. The molecule has 0 aliphatic heterocycles. The van der Waals surface area contributed by atoms with Crippen molar-refractivity contribution < 1.29 is 4.79 Å². The number of aromatic nitrogens is 2. The Balaban J connectivity index is 1.94. The average Bonchev–Trinajstić information content (AvgIpc) is 2.94. The summed E-state index contributed by atoms with van der Waals surface area (Å²) < 4.78 is 2.05. The molecule has 1 amide bonds. The third-order valence-electron chi connectivity index (χ3n) is 4.72. The van der Waals surface area contributed by atoms with Crippen molar-refractivity contribution in [1.29, 1.82) is 0 Å². The maximum Gasteiger partial charge on any atom is 0.244 e. The summed E-state index contributed by atoms with van der Waals surface area (Å²) in [5, 5.41) is 7.77. The van der Waals surface area contributed by atoms with Crippen LogP contribution in [-0.4, -0.2) is 15.7 Å². The number of hydrogen-bond donors (Lipinski definition) is 1. The summed E-state index contributed by atoms with van der Waals surface area (Å²) in [6.07, 6.45) is 6.60. The first-order valence-electron chi connectivity index (χ1n) is 8.56. The van der Waals surface area contributed by atoms with Gasteiger partial charge in [0.25, 0.3) is 0 Å². The van der Waals surface area contributed by atoms with Crippen molar-refractivity contribution in [1.82, 2.24) is 15.1 Å². The molecule has 2 aromatic rings. The van der Waals surface area contributed by atoms with Gasteiger partial charge in [-0.25, -0.2) is 4.68 Å². The van der Waals surface area contributed by atoms with Gasteiger partial charge in [0, 0.05) is 17.3 Å². The number of amides is 1. The van der Waals surface area contributed by atoms with E-state index in [-0.39, 0.29) is 11.9 Å². The lowest BCUT2D eigenvalue weighted by Crippen LogP contribution is -2.29. The van der Waals surface area contributed by atoms with Crippen molar-refractivity contribution in [3.63, 3.8) is 0 Å². The minimum absolute atomic E-state index is 0.0210. The molecule has 4 heteroatoms. The number of allylic oxidation sites excluding steroid dienone is 1. The Morgan fingerprint density at radius 1 is 1.33 bits per heavy atom. The number of rotatable bonds is 3. The number of fused-ring (bicyclic) bond motifs is 1. The maximum atomic E-state index is 12.1. The quantitative estimate of drug-likeness (QED) is 0.869. The Labute approximate surface area is 143 Å². The molecule has 0 fully saturated rings. The van der Waals surface area contributed by atoms with Gasteiger partial charge < -0.3 is 5.32 Å². The second-order valence-corrected chi connectivity index (χ2v) is 6.85. The fraction of sp³-hybridized carbons (Fsp3) is 0.400. The zero-order chi connectivity index (χ0) is 17.3. The summed E-state index contributed by atoms with van der Waals surface area (Å²) in [5.74, 6) is -0.0210. The molecule has 0 saturated carbocycles. The van der Waals surface area contributed by atoms with E-state index in [0.29, 0.717) is 0 Å². The highest BCUT2D eigenvalue weighted by Gasteiger charge is 2.26. The van der Waals surface area contributed by atoms with E-state index >= 15 is 0 Å². The summed E-state index contributed by atoms with van der Waals surface area (Å²) in [6.45, 7) is 8.13. The van der Waals surface area contributed by atoms with Crippen LogP contribution in [0, 0.1) is 13.8 Å². The molecule has 0 saturated heterocycles. The summed E-state index contributed by atoms with van der Waals surface area (Å²) >= 11 is 0. The Kier molecular flexibility index (Phi) is 4.56. The molecule has 0 spiro atoms. The first-order chi connectivity index (χ1) is 11.5. The van der Waals surface area contributed by atoms with Gasteiger partial charge in [-0.15, -0.1) is 0 Å². The van der Waals surface area contributed by atoms with Gasteiger partial charge in [0.05, 0.1) is 17.9 Å². The van der Waals surface area contributed by atoms with Crippen LogP contribution in [0.15, 0.2) is 36.0 Å². The Morgan fingerprint density at radius 2 is 2.12 bits per heavy atom. The van der Waals surface area contributed by atoms with Crippen LogP contribution in [0.4, 0.5) is 0 Å². The second kappa shape index (κ2) is 6.63. The zero-order valence-electron chi connectivity index (χ0n) is 14.9. The summed E-state index contributed by atoms with van der Waals surface area (Å²) in [6, 6.07) is 6.36. The molecular weight excluding hydrogens is 298 g/mol. The first kappa shape index (κ1) is 16.5. The van der Waals surface area contributed by atoms with E-state index in [9.17, 15) is 4.79 Å². The molecule has 4 nitrogen and oxygen atoms in total. The number of carbonyl (C=O) groups excluding carboxylic acids is 1. The molecule has 1 heterocycles. The number of nitrogens with one attached hydrogen (secondary N) is 1. The molecule has 1 aromatic carbocycles. The minimum atomic E-state index is -0.0210. The van der Waals surface area contributed by atoms with Gasteiger partial charge in [0.1, 0.15) is 0 Å². The maximum absolute atomic E-state index is 12.1. The predicted molar refractivity (Wildman–Crippen MR) is 96.3 cm³/mol. The van der Waals surface area contributed by atoms with Crippen molar-refractivity contribution in [2.45, 2.75) is 53.0 Å². The Bertz CT molecular complexity index is 797. The molecule has 1 unspecified atom stereocenters. The molecular formula is C20H25N3O. The lowest BCUT2D eigenvalue weighted by Gasteiger charge is -2.24. The Hall–Kier alpha value is -2.36. The number of aryl methyl sites for hydroxylation is 1. The standard InChI is InChI=1S/C20H25N3O/c1-13(2)11-20(24)22-17-8-6-10-19-16(17)12-21-23(19)18-9-5-7-14(3)15(18)4/h5,7,9,11-12,17H,6,8,10H2,1-4H3,(H,22,24). The highest BCUT2D eigenvalue weighted by Crippen LogP contribution is 2.32. The van der Waals surface area contributed by atoms with Crippen LogP contribution < -0.4 is 5.32 Å². The zero-order valence-corrected chi connectivity index (χ0v) is 14.9. The minimum Gasteiger partial charge on any atom is -0.346 e. The average molecular weight is 323 g/mol. The summed E-state index contributed by atoms with van der Waals surface area (Å²) in [4.78, 5) is 12.1. The fourth-order valence-corrected chi connectivity index (χ4v) is 3.36. The number of carbonyl (C=O) groups is 1. The SMILES string of the molecule is CC(C)=CC(=O)NC1CCCc2c1cnn2-c1cccc(C)c1C. The van der Waals surface area contributed by atoms with Crippen LogP contribution in [0.1, 0.15) is 55.1 Å². The van der Waals surface area contributed by atoms with E-state index < -0.39 is 0 Å². The molecule has 126 valence electrons. The lowest BCUT2D eigenvalue weighted by molar-refractivity contribution is -0.117. The predicted octanol–water partition coefficient (Wildman–Crippen LogP) is 3.95. The van der Waals surface area contributed by atoms with E-state index in [0.717, 1.165) is 36.1 Å². The van der Waals surface area contributed by atoms with Gasteiger partial charge >= 0.3 is 0 Å². The van der Waals surface area contributed by atoms with E-state index in [1.807, 2.05) is 20.0 Å². The summed E-state index contributed by atoms with van der Waals surface area (Å²) in [5.41, 5.74) is 7.03. The van der Waals surface area contributed by atoms with Gasteiger partial charge in [0.15, 0.2) is 0 Å². The van der Waals surface area contributed by atoms with Crippen molar-refractivity contribution >= 4 is 5.91 Å². The lowest BCUT2D eigenvalue weighted by atomic mass is 9.92. The number of benzene rings is 1. The van der Waals surface area contributed by atoms with Crippen LogP contribution in [0.3, 0.4) is 0 Å². The molecule has 3 rings (SSSR count). The first-order valence-corrected chi connectivity index (χ1v) is 8.56. The topological polar surface area (TPSA) is 46.9 Å².